The van der Waals surface area contributed by atoms with Crippen molar-refractivity contribution in [1.82, 2.24) is 9.97 Å². The molecule has 15 heavy (non-hydrogen) atoms. The smallest absolute Gasteiger partial charge is 0.128 e. The number of nitrogens with zero attached hydrogens (tertiary/aromatic N) is 2. The number of halogens is 1. The minimum Gasteiger partial charge on any atom is -0.241 e. The zero-order valence-electron chi connectivity index (χ0n) is 8.95. The van der Waals surface area contributed by atoms with Crippen molar-refractivity contribution in [2.45, 2.75) is 44.4 Å². The van der Waals surface area contributed by atoms with E-state index in [2.05, 4.69) is 9.97 Å². The van der Waals surface area contributed by atoms with Gasteiger partial charge >= 0.3 is 0 Å². The van der Waals surface area contributed by atoms with Crippen molar-refractivity contribution >= 4 is 11.6 Å². The van der Waals surface area contributed by atoms with Crippen LogP contribution in [0.15, 0.2) is 12.4 Å². The van der Waals surface area contributed by atoms with Gasteiger partial charge in [-0.2, -0.15) is 0 Å². The van der Waals surface area contributed by atoms with Gasteiger partial charge in [-0.05, 0) is 5.92 Å². The monoisotopic (exact) mass is 224 g/mol. The van der Waals surface area contributed by atoms with E-state index in [9.17, 15) is 0 Å². The second-order valence-electron chi connectivity index (χ2n) is 4.35. The molecule has 0 unspecified atom stereocenters. The third-order valence-corrected chi connectivity index (χ3v) is 3.42. The summed E-state index contributed by atoms with van der Waals surface area (Å²) >= 11 is 5.69. The average Bonchev–Trinajstić information content (AvgIpc) is 2.31. The Morgan fingerprint density at radius 3 is 2.40 bits per heavy atom. The molecule has 0 atom stereocenters. The number of hydrogen-bond donors (Lipinski definition) is 0. The van der Waals surface area contributed by atoms with Gasteiger partial charge in [0, 0.05) is 24.4 Å². The fourth-order valence-electron chi connectivity index (χ4n) is 2.21. The summed E-state index contributed by atoms with van der Waals surface area (Å²) < 4.78 is 0. The van der Waals surface area contributed by atoms with Crippen LogP contribution in [0.25, 0.3) is 0 Å². The molecule has 1 fully saturated rings. The lowest BCUT2D eigenvalue weighted by Crippen LogP contribution is -2.11. The van der Waals surface area contributed by atoms with Crippen molar-refractivity contribution in [1.29, 1.82) is 0 Å². The molecular weight excluding hydrogens is 208 g/mol. The van der Waals surface area contributed by atoms with Crippen molar-refractivity contribution in [2.75, 3.05) is 0 Å². The van der Waals surface area contributed by atoms with E-state index in [0.717, 1.165) is 23.7 Å². The minimum atomic E-state index is 0.504. The van der Waals surface area contributed by atoms with E-state index in [1.807, 2.05) is 12.4 Å². The van der Waals surface area contributed by atoms with Crippen LogP contribution in [0.5, 0.6) is 0 Å². The van der Waals surface area contributed by atoms with Gasteiger partial charge in [0.15, 0.2) is 0 Å². The van der Waals surface area contributed by atoms with E-state index >= 15 is 0 Å². The Kier molecular flexibility index (Phi) is 3.95. The van der Waals surface area contributed by atoms with Crippen LogP contribution < -0.4 is 0 Å². The van der Waals surface area contributed by atoms with Gasteiger partial charge in [0.05, 0.1) is 5.88 Å². The SMILES string of the molecule is ClCc1cnc(CC2CCCCC2)nc1. The summed E-state index contributed by atoms with van der Waals surface area (Å²) in [6.07, 6.45) is 11.6. The molecule has 0 bridgehead atoms. The number of rotatable bonds is 3. The first-order valence-electron chi connectivity index (χ1n) is 5.74. The molecule has 0 aromatic carbocycles. The van der Waals surface area contributed by atoms with E-state index in [4.69, 9.17) is 11.6 Å². The Morgan fingerprint density at radius 2 is 1.80 bits per heavy atom. The van der Waals surface area contributed by atoms with Crippen LogP contribution >= 0.6 is 11.6 Å². The highest BCUT2D eigenvalue weighted by Crippen LogP contribution is 2.25. The predicted molar refractivity (Wildman–Crippen MR) is 61.9 cm³/mol. The summed E-state index contributed by atoms with van der Waals surface area (Å²) in [6, 6.07) is 0. The lowest BCUT2D eigenvalue weighted by atomic mass is 9.87. The minimum absolute atomic E-state index is 0.504. The molecule has 82 valence electrons. The standard InChI is InChI=1S/C12H17ClN2/c13-7-11-8-14-12(15-9-11)6-10-4-2-1-3-5-10/h8-10H,1-7H2. The number of hydrogen-bond acceptors (Lipinski definition) is 2. The van der Waals surface area contributed by atoms with Crippen LogP contribution in [0.1, 0.15) is 43.5 Å². The fourth-order valence-corrected chi connectivity index (χ4v) is 2.34. The summed E-state index contributed by atoms with van der Waals surface area (Å²) in [7, 11) is 0. The van der Waals surface area contributed by atoms with Crippen LogP contribution in [-0.2, 0) is 12.3 Å². The van der Waals surface area contributed by atoms with E-state index < -0.39 is 0 Å². The maximum Gasteiger partial charge on any atom is 0.128 e. The highest BCUT2D eigenvalue weighted by molar-refractivity contribution is 6.17. The van der Waals surface area contributed by atoms with E-state index in [1.54, 1.807) is 0 Å². The van der Waals surface area contributed by atoms with Gasteiger partial charge in [-0.25, -0.2) is 9.97 Å². The number of aromatic nitrogens is 2. The normalized spacial score (nSPS) is 17.9. The maximum absolute atomic E-state index is 5.69. The molecule has 0 amide bonds. The van der Waals surface area contributed by atoms with E-state index in [1.165, 1.54) is 32.1 Å². The molecule has 0 spiro atoms. The summed E-state index contributed by atoms with van der Waals surface area (Å²) in [5.74, 6) is 2.29. The Hall–Kier alpha value is -0.630. The quantitative estimate of drug-likeness (QED) is 0.736. The van der Waals surface area contributed by atoms with Gasteiger partial charge < -0.3 is 0 Å². The first-order valence-corrected chi connectivity index (χ1v) is 6.27. The average molecular weight is 225 g/mol. The number of alkyl halides is 1. The molecule has 0 saturated heterocycles. The highest BCUT2D eigenvalue weighted by Gasteiger charge is 2.14. The maximum atomic E-state index is 5.69. The molecule has 0 aliphatic heterocycles. The first kappa shape index (κ1) is 10.9. The van der Waals surface area contributed by atoms with Gasteiger partial charge in [-0.1, -0.05) is 32.1 Å². The second kappa shape index (κ2) is 5.45. The molecule has 2 rings (SSSR count). The Morgan fingerprint density at radius 1 is 1.13 bits per heavy atom. The van der Waals surface area contributed by atoms with Crippen LogP contribution in [0, 0.1) is 5.92 Å². The molecule has 1 saturated carbocycles. The molecule has 0 radical (unpaired) electrons. The molecular formula is C12H17ClN2. The fraction of sp³-hybridized carbons (Fsp3) is 0.667. The van der Waals surface area contributed by atoms with Crippen LogP contribution in [0.3, 0.4) is 0 Å². The topological polar surface area (TPSA) is 25.8 Å². The van der Waals surface area contributed by atoms with Crippen LogP contribution in [0.2, 0.25) is 0 Å². The van der Waals surface area contributed by atoms with Gasteiger partial charge in [-0.3, -0.25) is 0 Å². The van der Waals surface area contributed by atoms with E-state index in [0.29, 0.717) is 5.88 Å². The van der Waals surface area contributed by atoms with Gasteiger partial charge in [0.2, 0.25) is 0 Å². The van der Waals surface area contributed by atoms with Crippen molar-refractivity contribution < 1.29 is 0 Å². The van der Waals surface area contributed by atoms with Crippen molar-refractivity contribution in [2.24, 2.45) is 5.92 Å². The van der Waals surface area contributed by atoms with Gasteiger partial charge in [-0.15, -0.1) is 11.6 Å². The summed E-state index contributed by atoms with van der Waals surface area (Å²) in [4.78, 5) is 8.70. The zero-order valence-corrected chi connectivity index (χ0v) is 9.71. The zero-order chi connectivity index (χ0) is 10.5. The van der Waals surface area contributed by atoms with Crippen LogP contribution in [0.4, 0.5) is 0 Å². The molecule has 3 heteroatoms. The van der Waals surface area contributed by atoms with Crippen LogP contribution in [-0.4, -0.2) is 9.97 Å². The van der Waals surface area contributed by atoms with E-state index in [-0.39, 0.29) is 0 Å². The Labute approximate surface area is 96.1 Å². The van der Waals surface area contributed by atoms with Gasteiger partial charge in [0.25, 0.3) is 0 Å². The molecule has 1 aromatic heterocycles. The lowest BCUT2D eigenvalue weighted by molar-refractivity contribution is 0.351. The highest BCUT2D eigenvalue weighted by atomic mass is 35.5. The van der Waals surface area contributed by atoms with Gasteiger partial charge in [0.1, 0.15) is 5.82 Å². The summed E-state index contributed by atoms with van der Waals surface area (Å²) in [6.45, 7) is 0. The largest absolute Gasteiger partial charge is 0.241 e. The summed E-state index contributed by atoms with van der Waals surface area (Å²) in [5.41, 5.74) is 1.00. The lowest BCUT2D eigenvalue weighted by Gasteiger charge is -2.20. The third-order valence-electron chi connectivity index (χ3n) is 3.11. The van der Waals surface area contributed by atoms with Crippen molar-refractivity contribution in [3.8, 4) is 0 Å². The molecule has 1 heterocycles. The molecule has 1 aliphatic carbocycles. The molecule has 2 nitrogen and oxygen atoms in total. The van der Waals surface area contributed by atoms with Crippen molar-refractivity contribution in [3.05, 3.63) is 23.8 Å². The predicted octanol–water partition coefficient (Wildman–Crippen LogP) is 3.34. The first-order chi connectivity index (χ1) is 7.38. The molecule has 0 N–H and O–H groups in total. The summed E-state index contributed by atoms with van der Waals surface area (Å²) in [5, 5.41) is 0. The third kappa shape index (κ3) is 3.16. The molecule has 1 aliphatic rings. The Bertz CT molecular complexity index is 291. The second-order valence-corrected chi connectivity index (χ2v) is 4.62. The molecule has 1 aromatic rings. The van der Waals surface area contributed by atoms with Crippen molar-refractivity contribution in [3.63, 3.8) is 0 Å². The Balaban J connectivity index is 1.91.